The maximum absolute atomic E-state index is 4.66. The second-order valence-corrected chi connectivity index (χ2v) is 4.80. The van der Waals surface area contributed by atoms with Crippen molar-refractivity contribution >= 4 is 5.84 Å². The van der Waals surface area contributed by atoms with Crippen molar-refractivity contribution in [3.8, 4) is 0 Å². The highest BCUT2D eigenvalue weighted by atomic mass is 15.0. The van der Waals surface area contributed by atoms with E-state index in [9.17, 15) is 0 Å². The summed E-state index contributed by atoms with van der Waals surface area (Å²) in [6, 6.07) is 19.4. The molecule has 19 heavy (non-hydrogen) atoms. The summed E-state index contributed by atoms with van der Waals surface area (Å²) < 4.78 is 0. The van der Waals surface area contributed by atoms with Crippen LogP contribution in [0.3, 0.4) is 0 Å². The first kappa shape index (κ1) is 12.0. The van der Waals surface area contributed by atoms with E-state index in [-0.39, 0.29) is 6.04 Å². The molecule has 2 heteroatoms. The molecule has 0 spiro atoms. The zero-order valence-corrected chi connectivity index (χ0v) is 11.1. The molecule has 0 radical (unpaired) electrons. The lowest BCUT2D eigenvalue weighted by Crippen LogP contribution is -2.27. The second kappa shape index (κ2) is 5.27. The van der Waals surface area contributed by atoms with Crippen molar-refractivity contribution < 1.29 is 0 Å². The molecule has 0 fully saturated rings. The van der Waals surface area contributed by atoms with E-state index in [4.69, 9.17) is 0 Å². The maximum Gasteiger partial charge on any atom is 0.0971 e. The summed E-state index contributed by atoms with van der Waals surface area (Å²) in [6.45, 7) is 2.92. The van der Waals surface area contributed by atoms with Crippen molar-refractivity contribution in [2.24, 2.45) is 4.99 Å². The standard InChI is InChI=1S/C17H18N2/c1-2-16-18-12-14-10-6-7-11-15(14)17(19-16)13-8-4-3-5-9-13/h3-11,17H,2,12H2,1H3,(H,18,19). The molecule has 0 bridgehead atoms. The minimum atomic E-state index is 0.207. The smallest absolute Gasteiger partial charge is 0.0971 e. The van der Waals surface area contributed by atoms with Crippen LogP contribution in [0.2, 0.25) is 0 Å². The monoisotopic (exact) mass is 250 g/mol. The van der Waals surface area contributed by atoms with Gasteiger partial charge in [0.25, 0.3) is 0 Å². The third-order valence-electron chi connectivity index (χ3n) is 3.59. The minimum absolute atomic E-state index is 0.207. The van der Waals surface area contributed by atoms with E-state index in [2.05, 4.69) is 71.8 Å². The van der Waals surface area contributed by atoms with Crippen molar-refractivity contribution in [2.45, 2.75) is 25.9 Å². The first-order valence-electron chi connectivity index (χ1n) is 6.81. The number of nitrogens with zero attached hydrogens (tertiary/aromatic N) is 1. The molecule has 2 nitrogen and oxygen atoms in total. The quantitative estimate of drug-likeness (QED) is 0.863. The van der Waals surface area contributed by atoms with Gasteiger partial charge in [0.05, 0.1) is 18.4 Å². The number of rotatable bonds is 2. The SMILES string of the molecule is CCC1=NCc2ccccc2C(c2ccccc2)N1. The number of hydrogen-bond donors (Lipinski definition) is 1. The number of aliphatic imine (C=N–C) groups is 1. The fraction of sp³-hybridized carbons (Fsp3) is 0.235. The summed E-state index contributed by atoms with van der Waals surface area (Å²) in [5.74, 6) is 1.09. The predicted octanol–water partition coefficient (Wildman–Crippen LogP) is 3.69. The Kier molecular flexibility index (Phi) is 3.32. The van der Waals surface area contributed by atoms with Gasteiger partial charge in [0.1, 0.15) is 0 Å². The molecule has 1 atom stereocenters. The van der Waals surface area contributed by atoms with Crippen LogP contribution in [0.4, 0.5) is 0 Å². The zero-order chi connectivity index (χ0) is 13.1. The summed E-state index contributed by atoms with van der Waals surface area (Å²) in [5.41, 5.74) is 3.94. The fourth-order valence-electron chi connectivity index (χ4n) is 2.55. The molecule has 1 N–H and O–H groups in total. The molecule has 1 aliphatic heterocycles. The van der Waals surface area contributed by atoms with Gasteiger partial charge in [-0.1, -0.05) is 61.5 Å². The topological polar surface area (TPSA) is 24.4 Å². The molecule has 1 unspecified atom stereocenters. The molecule has 2 aromatic rings. The van der Waals surface area contributed by atoms with Gasteiger partial charge in [-0.15, -0.1) is 0 Å². The third-order valence-corrected chi connectivity index (χ3v) is 3.59. The van der Waals surface area contributed by atoms with Gasteiger partial charge < -0.3 is 5.32 Å². The largest absolute Gasteiger partial charge is 0.363 e. The minimum Gasteiger partial charge on any atom is -0.363 e. The van der Waals surface area contributed by atoms with Crippen LogP contribution in [-0.2, 0) is 6.54 Å². The first-order valence-corrected chi connectivity index (χ1v) is 6.81. The number of benzene rings is 2. The molecule has 0 aliphatic carbocycles. The highest BCUT2D eigenvalue weighted by molar-refractivity contribution is 5.83. The van der Waals surface area contributed by atoms with Gasteiger partial charge >= 0.3 is 0 Å². The summed E-state index contributed by atoms with van der Waals surface area (Å²) in [6.07, 6.45) is 0.942. The predicted molar refractivity (Wildman–Crippen MR) is 79.3 cm³/mol. The Labute approximate surface area is 114 Å². The summed E-state index contributed by atoms with van der Waals surface area (Å²) in [7, 11) is 0. The molecular weight excluding hydrogens is 232 g/mol. The summed E-state index contributed by atoms with van der Waals surface area (Å²) in [5, 5.41) is 3.59. The van der Waals surface area contributed by atoms with E-state index < -0.39 is 0 Å². The average Bonchev–Trinajstić information content (AvgIpc) is 2.68. The molecule has 0 saturated heterocycles. The Morgan fingerprint density at radius 2 is 1.79 bits per heavy atom. The van der Waals surface area contributed by atoms with Crippen LogP contribution >= 0.6 is 0 Å². The van der Waals surface area contributed by atoms with Gasteiger partial charge in [0, 0.05) is 6.42 Å². The number of fused-ring (bicyclic) bond motifs is 1. The molecular formula is C17H18N2. The summed E-state index contributed by atoms with van der Waals surface area (Å²) in [4.78, 5) is 4.66. The first-order chi connectivity index (χ1) is 9.38. The normalized spacial score (nSPS) is 17.9. The highest BCUT2D eigenvalue weighted by Gasteiger charge is 2.20. The number of nitrogens with one attached hydrogen (secondary N) is 1. The van der Waals surface area contributed by atoms with Crippen LogP contribution in [0.5, 0.6) is 0 Å². The lowest BCUT2D eigenvalue weighted by Gasteiger charge is -2.21. The van der Waals surface area contributed by atoms with Crippen LogP contribution in [0.25, 0.3) is 0 Å². The van der Waals surface area contributed by atoms with Crippen molar-refractivity contribution in [1.29, 1.82) is 0 Å². The number of hydrogen-bond acceptors (Lipinski definition) is 2. The lowest BCUT2D eigenvalue weighted by molar-refractivity contribution is 0.754. The molecule has 1 aliphatic rings. The third kappa shape index (κ3) is 2.39. The molecule has 1 heterocycles. The molecule has 96 valence electrons. The Balaban J connectivity index is 2.08. The van der Waals surface area contributed by atoms with Crippen molar-refractivity contribution in [2.75, 3.05) is 0 Å². The van der Waals surface area contributed by atoms with E-state index in [1.54, 1.807) is 0 Å². The maximum atomic E-state index is 4.66. The van der Waals surface area contributed by atoms with E-state index in [0.717, 1.165) is 18.8 Å². The molecule has 3 rings (SSSR count). The van der Waals surface area contributed by atoms with Crippen LogP contribution in [0, 0.1) is 0 Å². The zero-order valence-electron chi connectivity index (χ0n) is 11.1. The van der Waals surface area contributed by atoms with E-state index in [1.807, 2.05) is 0 Å². The van der Waals surface area contributed by atoms with E-state index in [0.29, 0.717) is 0 Å². The van der Waals surface area contributed by atoms with Gasteiger partial charge in [0.2, 0.25) is 0 Å². The lowest BCUT2D eigenvalue weighted by atomic mass is 9.95. The second-order valence-electron chi connectivity index (χ2n) is 4.80. The van der Waals surface area contributed by atoms with Gasteiger partial charge in [-0.3, -0.25) is 4.99 Å². The average molecular weight is 250 g/mol. The number of amidine groups is 1. The van der Waals surface area contributed by atoms with Crippen LogP contribution in [-0.4, -0.2) is 5.84 Å². The van der Waals surface area contributed by atoms with Crippen LogP contribution < -0.4 is 5.32 Å². The molecule has 0 saturated carbocycles. The Hall–Kier alpha value is -2.09. The fourth-order valence-corrected chi connectivity index (χ4v) is 2.55. The molecule has 2 aromatic carbocycles. The van der Waals surface area contributed by atoms with Crippen molar-refractivity contribution in [1.82, 2.24) is 5.32 Å². The molecule has 0 amide bonds. The Morgan fingerprint density at radius 1 is 1.05 bits per heavy atom. The van der Waals surface area contributed by atoms with Gasteiger partial charge in [-0.2, -0.15) is 0 Å². The van der Waals surface area contributed by atoms with E-state index in [1.165, 1.54) is 16.7 Å². The summed E-state index contributed by atoms with van der Waals surface area (Å²) >= 11 is 0. The molecule has 0 aromatic heterocycles. The van der Waals surface area contributed by atoms with Gasteiger partial charge in [0.15, 0.2) is 0 Å². The van der Waals surface area contributed by atoms with Crippen LogP contribution in [0.15, 0.2) is 59.6 Å². The van der Waals surface area contributed by atoms with Crippen molar-refractivity contribution in [3.05, 3.63) is 71.3 Å². The van der Waals surface area contributed by atoms with Gasteiger partial charge in [-0.05, 0) is 16.7 Å². The van der Waals surface area contributed by atoms with E-state index >= 15 is 0 Å². The van der Waals surface area contributed by atoms with Gasteiger partial charge in [-0.25, -0.2) is 0 Å². The van der Waals surface area contributed by atoms with Crippen LogP contribution in [0.1, 0.15) is 36.1 Å². The highest BCUT2D eigenvalue weighted by Crippen LogP contribution is 2.27. The Bertz CT molecular complexity index is 587. The Morgan fingerprint density at radius 3 is 2.58 bits per heavy atom. The van der Waals surface area contributed by atoms with Crippen molar-refractivity contribution in [3.63, 3.8) is 0 Å².